The molecule has 25 heavy (non-hydrogen) atoms. The van der Waals surface area contributed by atoms with Crippen molar-refractivity contribution in [1.82, 2.24) is 4.98 Å². The van der Waals surface area contributed by atoms with Crippen molar-refractivity contribution in [2.24, 2.45) is 16.6 Å². The van der Waals surface area contributed by atoms with Crippen molar-refractivity contribution in [2.45, 2.75) is 24.8 Å². The number of pyridine rings is 1. The molecule has 6 heteroatoms. The third-order valence-electron chi connectivity index (χ3n) is 4.90. The monoisotopic (exact) mass is 371 g/mol. The van der Waals surface area contributed by atoms with Crippen LogP contribution < -0.4 is 5.73 Å². The van der Waals surface area contributed by atoms with Crippen LogP contribution in [0.2, 0.25) is 5.02 Å². The predicted octanol–water partition coefficient (Wildman–Crippen LogP) is 3.83. The number of thioether (sulfide) groups is 1. The summed E-state index contributed by atoms with van der Waals surface area (Å²) in [4.78, 5) is 21.3. The van der Waals surface area contributed by atoms with Crippen molar-refractivity contribution >= 4 is 34.3 Å². The number of aromatic nitrogens is 1. The molecule has 0 spiro atoms. The molecule has 2 aliphatic rings. The zero-order valence-corrected chi connectivity index (χ0v) is 15.2. The molecule has 2 heterocycles. The van der Waals surface area contributed by atoms with Gasteiger partial charge in [-0.25, -0.2) is 0 Å². The van der Waals surface area contributed by atoms with Gasteiger partial charge in [-0.05, 0) is 42.0 Å². The number of aliphatic imine (C=N–C) groups is 1. The molecule has 4 nitrogen and oxygen atoms in total. The van der Waals surface area contributed by atoms with E-state index in [9.17, 15) is 4.79 Å². The average Bonchev–Trinajstić information content (AvgIpc) is 3.30. The van der Waals surface area contributed by atoms with Crippen molar-refractivity contribution in [3.05, 3.63) is 64.4 Å². The third-order valence-corrected chi connectivity index (χ3v) is 5.95. The molecule has 1 saturated carbocycles. The van der Waals surface area contributed by atoms with Crippen LogP contribution >= 0.6 is 23.4 Å². The van der Waals surface area contributed by atoms with Crippen LogP contribution in [-0.4, -0.2) is 21.7 Å². The van der Waals surface area contributed by atoms with E-state index in [2.05, 4.69) is 17.1 Å². The van der Waals surface area contributed by atoms with Gasteiger partial charge in [-0.2, -0.15) is 0 Å². The summed E-state index contributed by atoms with van der Waals surface area (Å²) >= 11 is 7.46. The van der Waals surface area contributed by atoms with Crippen molar-refractivity contribution in [3.8, 4) is 0 Å². The number of halogens is 1. The average molecular weight is 372 g/mol. The number of rotatable bonds is 4. The van der Waals surface area contributed by atoms with E-state index in [1.165, 1.54) is 6.20 Å². The maximum absolute atomic E-state index is 12.5. The van der Waals surface area contributed by atoms with Crippen molar-refractivity contribution in [3.63, 3.8) is 0 Å². The fraction of sp³-hybridized carbons (Fsp3) is 0.316. The second-order valence-electron chi connectivity index (χ2n) is 6.57. The lowest BCUT2D eigenvalue weighted by atomic mass is 9.97. The van der Waals surface area contributed by atoms with Gasteiger partial charge >= 0.3 is 0 Å². The quantitative estimate of drug-likeness (QED) is 0.829. The molecule has 2 N–H and O–H groups in total. The zero-order valence-electron chi connectivity index (χ0n) is 13.6. The molecular formula is C19H18ClN3OS. The molecule has 1 aromatic carbocycles. The van der Waals surface area contributed by atoms with E-state index in [1.807, 2.05) is 12.1 Å². The Kier molecular flexibility index (Phi) is 4.29. The molecule has 1 aromatic heterocycles. The van der Waals surface area contributed by atoms with Crippen molar-refractivity contribution in [2.75, 3.05) is 5.75 Å². The van der Waals surface area contributed by atoms with Crippen LogP contribution in [0, 0.1) is 5.92 Å². The minimum Gasteiger partial charge on any atom is -0.379 e. The number of Topliss-reactive ketones (excluding diaryl/α,β-unsaturated/α-hetero) is 1. The number of benzene rings is 1. The number of ketones is 1. The van der Waals surface area contributed by atoms with Gasteiger partial charge in [0.15, 0.2) is 11.0 Å². The number of hydrogen-bond donors (Lipinski definition) is 1. The number of carbonyl (C=O) groups excluding carboxylic acids is 1. The summed E-state index contributed by atoms with van der Waals surface area (Å²) in [5.41, 5.74) is 8.42. The van der Waals surface area contributed by atoms with E-state index in [0.717, 1.165) is 29.7 Å². The molecule has 1 fully saturated rings. The Morgan fingerprint density at radius 3 is 3.04 bits per heavy atom. The highest BCUT2D eigenvalue weighted by atomic mass is 35.5. The molecule has 0 radical (unpaired) electrons. The van der Waals surface area contributed by atoms with Crippen LogP contribution in [0.15, 0.2) is 47.6 Å². The molecule has 2 atom stereocenters. The molecule has 4 rings (SSSR count). The minimum absolute atomic E-state index is 0.0156. The summed E-state index contributed by atoms with van der Waals surface area (Å²) in [6.45, 7) is 0. The molecule has 1 aliphatic heterocycles. The van der Waals surface area contributed by atoms with E-state index in [4.69, 9.17) is 22.3 Å². The Hall–Kier alpha value is -1.85. The lowest BCUT2D eigenvalue weighted by molar-refractivity contribution is 0.0988. The van der Waals surface area contributed by atoms with Gasteiger partial charge in [-0.15, -0.1) is 0 Å². The number of nitrogens with zero attached hydrogens (tertiary/aromatic N) is 2. The van der Waals surface area contributed by atoms with Crippen LogP contribution in [0.1, 0.15) is 34.5 Å². The molecule has 1 aliphatic carbocycles. The fourth-order valence-corrected chi connectivity index (χ4v) is 4.47. The molecule has 128 valence electrons. The number of carbonyl (C=O) groups is 1. The van der Waals surface area contributed by atoms with Gasteiger partial charge in [0.05, 0.1) is 10.6 Å². The summed E-state index contributed by atoms with van der Waals surface area (Å²) in [6, 6.07) is 11.5. The minimum atomic E-state index is -0.175. The number of fused-ring (bicyclic) bond motifs is 1. The summed E-state index contributed by atoms with van der Waals surface area (Å²) in [6.07, 6.45) is 3.99. The largest absolute Gasteiger partial charge is 0.379 e. The van der Waals surface area contributed by atoms with Crippen LogP contribution in [-0.2, 0) is 12.0 Å². The van der Waals surface area contributed by atoms with Gasteiger partial charge in [0.25, 0.3) is 0 Å². The highest BCUT2D eigenvalue weighted by molar-refractivity contribution is 8.13. The predicted molar refractivity (Wildman–Crippen MR) is 102 cm³/mol. The summed E-state index contributed by atoms with van der Waals surface area (Å²) in [7, 11) is 0. The lowest BCUT2D eigenvalue weighted by Crippen LogP contribution is -2.14. The second-order valence-corrected chi connectivity index (χ2v) is 8.13. The van der Waals surface area contributed by atoms with E-state index >= 15 is 0 Å². The van der Waals surface area contributed by atoms with E-state index < -0.39 is 0 Å². The lowest BCUT2D eigenvalue weighted by Gasteiger charge is -2.14. The van der Waals surface area contributed by atoms with Gasteiger partial charge in [0, 0.05) is 18.4 Å². The van der Waals surface area contributed by atoms with Crippen LogP contribution in [0.4, 0.5) is 0 Å². The van der Waals surface area contributed by atoms with Gasteiger partial charge in [0.2, 0.25) is 0 Å². The Morgan fingerprint density at radius 1 is 1.36 bits per heavy atom. The highest BCUT2D eigenvalue weighted by Crippen LogP contribution is 2.59. The van der Waals surface area contributed by atoms with Crippen molar-refractivity contribution in [1.29, 1.82) is 0 Å². The van der Waals surface area contributed by atoms with Crippen LogP contribution in [0.3, 0.4) is 0 Å². The summed E-state index contributed by atoms with van der Waals surface area (Å²) in [5, 5.41) is 1.20. The molecule has 0 bridgehead atoms. The molecular weight excluding hydrogens is 354 g/mol. The first-order valence-electron chi connectivity index (χ1n) is 8.29. The Bertz CT molecular complexity index is 852. The van der Waals surface area contributed by atoms with E-state index in [1.54, 1.807) is 23.9 Å². The first-order chi connectivity index (χ1) is 12.1. The van der Waals surface area contributed by atoms with Crippen LogP contribution in [0.5, 0.6) is 0 Å². The zero-order chi connectivity index (χ0) is 17.4. The second kappa shape index (κ2) is 6.46. The third kappa shape index (κ3) is 3.31. The van der Waals surface area contributed by atoms with Gasteiger partial charge in [-0.1, -0.05) is 47.6 Å². The van der Waals surface area contributed by atoms with E-state index in [-0.39, 0.29) is 11.3 Å². The number of nitrogens with two attached hydrogens (primary N) is 1. The van der Waals surface area contributed by atoms with Crippen molar-refractivity contribution < 1.29 is 4.79 Å². The van der Waals surface area contributed by atoms with E-state index in [0.29, 0.717) is 28.2 Å². The maximum Gasteiger partial charge on any atom is 0.185 e. The molecule has 0 saturated heterocycles. The Morgan fingerprint density at radius 2 is 2.24 bits per heavy atom. The summed E-state index contributed by atoms with van der Waals surface area (Å²) < 4.78 is 0. The van der Waals surface area contributed by atoms with Gasteiger partial charge < -0.3 is 5.73 Å². The number of amidine groups is 1. The molecule has 2 aromatic rings. The standard InChI is InChI=1S/C19H18ClN3OS/c20-15-4-5-16(22-11-15)17(24)9-12-2-1-3-13(8-12)19-10-14(19)6-7-25-18(21)23-19/h1-5,8,11,14H,6-7,9-10H2,(H2,21,23)/t14-,19-/m1/s1. The Labute approximate surface area is 155 Å². The highest BCUT2D eigenvalue weighted by Gasteiger charge is 2.56. The maximum atomic E-state index is 12.5. The van der Waals surface area contributed by atoms with Gasteiger partial charge in [-0.3, -0.25) is 14.8 Å². The summed E-state index contributed by atoms with van der Waals surface area (Å²) in [5.74, 6) is 1.57. The first kappa shape index (κ1) is 16.6. The van der Waals surface area contributed by atoms with Gasteiger partial charge in [0.1, 0.15) is 5.69 Å². The smallest absolute Gasteiger partial charge is 0.185 e. The normalized spacial score (nSPS) is 24.8. The number of hydrogen-bond acceptors (Lipinski definition) is 5. The fourth-order valence-electron chi connectivity index (χ4n) is 3.51. The van der Waals surface area contributed by atoms with Crippen LogP contribution in [0.25, 0.3) is 0 Å². The molecule has 0 unspecified atom stereocenters. The molecule has 0 amide bonds. The first-order valence-corrected chi connectivity index (χ1v) is 9.65. The Balaban J connectivity index is 1.57. The topological polar surface area (TPSA) is 68.3 Å². The SMILES string of the molecule is NC1=N[C@@]2(c3cccc(CC(=O)c4ccc(Cl)cn4)c3)C[C@H]2CCS1.